The van der Waals surface area contributed by atoms with E-state index in [2.05, 4.69) is 34.2 Å². The number of benzene rings is 2. The van der Waals surface area contributed by atoms with Gasteiger partial charge < -0.3 is 9.64 Å². The zero-order valence-corrected chi connectivity index (χ0v) is 14.3. The molecular weight excluding hydrogens is 300 g/mol. The quantitative estimate of drug-likeness (QED) is 0.586. The average Bonchev–Trinajstić information content (AvgIpc) is 2.60. The van der Waals surface area contributed by atoms with Gasteiger partial charge in [-0.1, -0.05) is 18.2 Å². The molecule has 0 unspecified atom stereocenters. The zero-order chi connectivity index (χ0) is 17.4. The van der Waals surface area contributed by atoms with E-state index in [1.807, 2.05) is 26.2 Å². The maximum Gasteiger partial charge on any atom is 0.338 e. The second kappa shape index (κ2) is 8.67. The molecule has 2 aromatic rings. The summed E-state index contributed by atoms with van der Waals surface area (Å²) < 4.78 is 4.95. The van der Waals surface area contributed by atoms with Gasteiger partial charge in [-0.2, -0.15) is 0 Å². The molecule has 124 valence electrons. The molecule has 0 N–H and O–H groups in total. The minimum Gasteiger partial charge on any atom is -0.462 e. The van der Waals surface area contributed by atoms with Crippen LogP contribution in [0.4, 0.5) is 11.4 Å². The van der Waals surface area contributed by atoms with Gasteiger partial charge in [-0.3, -0.25) is 4.99 Å². The first-order valence-electron chi connectivity index (χ1n) is 7.85. The van der Waals surface area contributed by atoms with Crippen LogP contribution in [0.25, 0.3) is 6.08 Å². The Morgan fingerprint density at radius 2 is 1.75 bits per heavy atom. The van der Waals surface area contributed by atoms with Gasteiger partial charge in [-0.25, -0.2) is 4.79 Å². The van der Waals surface area contributed by atoms with Crippen molar-refractivity contribution in [2.75, 3.05) is 25.6 Å². The molecule has 0 fully saturated rings. The van der Waals surface area contributed by atoms with Crippen LogP contribution < -0.4 is 4.90 Å². The monoisotopic (exact) mass is 322 g/mol. The van der Waals surface area contributed by atoms with E-state index in [4.69, 9.17) is 4.74 Å². The number of aliphatic imine (C=N–C) groups is 1. The summed E-state index contributed by atoms with van der Waals surface area (Å²) in [6.45, 7) is 2.16. The fourth-order valence-electron chi connectivity index (χ4n) is 2.06. The number of carbonyl (C=O) groups excluding carboxylic acids is 1. The number of esters is 1. The van der Waals surface area contributed by atoms with Gasteiger partial charge >= 0.3 is 5.97 Å². The van der Waals surface area contributed by atoms with Crippen LogP contribution in [-0.2, 0) is 4.74 Å². The number of ether oxygens (including phenoxy) is 1. The van der Waals surface area contributed by atoms with Gasteiger partial charge in [0.05, 0.1) is 17.9 Å². The first-order valence-corrected chi connectivity index (χ1v) is 7.85. The Morgan fingerprint density at radius 3 is 2.33 bits per heavy atom. The Kier molecular flexibility index (Phi) is 6.32. The van der Waals surface area contributed by atoms with Gasteiger partial charge in [0.2, 0.25) is 0 Å². The molecule has 0 radical (unpaired) electrons. The fourth-order valence-corrected chi connectivity index (χ4v) is 2.06. The van der Waals surface area contributed by atoms with Crippen LogP contribution in [0, 0.1) is 0 Å². The highest BCUT2D eigenvalue weighted by molar-refractivity contribution is 5.90. The van der Waals surface area contributed by atoms with Crippen molar-refractivity contribution in [1.82, 2.24) is 0 Å². The molecule has 0 aromatic heterocycles. The van der Waals surface area contributed by atoms with Crippen molar-refractivity contribution in [3.63, 3.8) is 0 Å². The summed E-state index contributed by atoms with van der Waals surface area (Å²) in [5, 5.41) is 0. The molecule has 0 aliphatic rings. The molecule has 4 nitrogen and oxygen atoms in total. The van der Waals surface area contributed by atoms with Crippen molar-refractivity contribution in [3.05, 3.63) is 65.7 Å². The molecule has 24 heavy (non-hydrogen) atoms. The lowest BCUT2D eigenvalue weighted by Crippen LogP contribution is -2.07. The highest BCUT2D eigenvalue weighted by Crippen LogP contribution is 2.14. The van der Waals surface area contributed by atoms with Gasteiger partial charge in [0.1, 0.15) is 0 Å². The number of rotatable bonds is 6. The Bertz CT molecular complexity index is 714. The van der Waals surface area contributed by atoms with Crippen molar-refractivity contribution >= 4 is 29.6 Å². The summed E-state index contributed by atoms with van der Waals surface area (Å²) >= 11 is 0. The summed E-state index contributed by atoms with van der Waals surface area (Å²) in [6.07, 6.45) is 5.62. The molecule has 0 amide bonds. The minimum atomic E-state index is -0.311. The highest BCUT2D eigenvalue weighted by atomic mass is 16.5. The van der Waals surface area contributed by atoms with E-state index in [0.717, 1.165) is 11.3 Å². The molecule has 0 heterocycles. The molecule has 0 bridgehead atoms. The maximum absolute atomic E-state index is 11.6. The normalized spacial score (nSPS) is 11.1. The lowest BCUT2D eigenvalue weighted by molar-refractivity contribution is 0.0526. The number of hydrogen-bond donors (Lipinski definition) is 0. The van der Waals surface area contributed by atoms with Crippen molar-refractivity contribution in [3.8, 4) is 0 Å². The molecule has 0 aliphatic carbocycles. The van der Waals surface area contributed by atoms with Gasteiger partial charge in [-0.15, -0.1) is 0 Å². The van der Waals surface area contributed by atoms with Crippen LogP contribution in [0.2, 0.25) is 0 Å². The number of anilines is 1. The van der Waals surface area contributed by atoms with E-state index in [-0.39, 0.29) is 5.97 Å². The van der Waals surface area contributed by atoms with Crippen LogP contribution >= 0.6 is 0 Å². The predicted molar refractivity (Wildman–Crippen MR) is 100 cm³/mol. The number of allylic oxidation sites excluding steroid dienone is 1. The molecule has 0 aliphatic heterocycles. The van der Waals surface area contributed by atoms with Gasteiger partial charge in [0.15, 0.2) is 0 Å². The largest absolute Gasteiger partial charge is 0.462 e. The Balaban J connectivity index is 1.94. The highest BCUT2D eigenvalue weighted by Gasteiger charge is 2.04. The molecule has 2 aromatic carbocycles. The fraction of sp³-hybridized carbons (Fsp3) is 0.200. The summed E-state index contributed by atoms with van der Waals surface area (Å²) in [5.74, 6) is -0.311. The number of carbonyl (C=O) groups is 1. The first kappa shape index (κ1) is 17.5. The Labute approximate surface area is 143 Å². The third kappa shape index (κ3) is 5.09. The van der Waals surface area contributed by atoms with Crippen molar-refractivity contribution in [2.24, 2.45) is 4.99 Å². The van der Waals surface area contributed by atoms with Crippen LogP contribution in [0.3, 0.4) is 0 Å². The van der Waals surface area contributed by atoms with Gasteiger partial charge in [0, 0.05) is 26.0 Å². The van der Waals surface area contributed by atoms with E-state index in [9.17, 15) is 4.79 Å². The standard InChI is InChI=1S/C20H22N2O2/c1-4-24-20(23)17-9-11-18(12-10-17)21-15-5-6-16-7-13-19(14-8-16)22(2)3/h5-15H,4H2,1-3H3/b6-5+,21-15?. The van der Waals surface area contributed by atoms with Gasteiger partial charge in [0.25, 0.3) is 0 Å². The maximum atomic E-state index is 11.6. The Hall–Kier alpha value is -2.88. The third-order valence-electron chi connectivity index (χ3n) is 3.39. The molecule has 4 heteroatoms. The molecule has 0 saturated carbocycles. The summed E-state index contributed by atoms with van der Waals surface area (Å²) in [6, 6.07) is 15.3. The van der Waals surface area contributed by atoms with E-state index >= 15 is 0 Å². The third-order valence-corrected chi connectivity index (χ3v) is 3.39. The summed E-state index contributed by atoms with van der Waals surface area (Å²) in [4.78, 5) is 18.0. The molecule has 0 spiro atoms. The topological polar surface area (TPSA) is 41.9 Å². The van der Waals surface area contributed by atoms with E-state index in [1.165, 1.54) is 5.69 Å². The lowest BCUT2D eigenvalue weighted by atomic mass is 10.2. The van der Waals surface area contributed by atoms with E-state index < -0.39 is 0 Å². The first-order chi connectivity index (χ1) is 11.6. The predicted octanol–water partition coefficient (Wildman–Crippen LogP) is 4.35. The van der Waals surface area contributed by atoms with E-state index in [0.29, 0.717) is 12.2 Å². The van der Waals surface area contributed by atoms with E-state index in [1.54, 1.807) is 37.4 Å². The lowest BCUT2D eigenvalue weighted by Gasteiger charge is -2.11. The number of hydrogen-bond acceptors (Lipinski definition) is 4. The van der Waals surface area contributed by atoms with Crippen molar-refractivity contribution in [1.29, 1.82) is 0 Å². The molecular formula is C20H22N2O2. The SMILES string of the molecule is CCOC(=O)c1ccc(N=C/C=C/c2ccc(N(C)C)cc2)cc1. The molecule has 2 rings (SSSR count). The molecule has 0 atom stereocenters. The summed E-state index contributed by atoms with van der Waals surface area (Å²) in [5.41, 5.74) is 3.61. The van der Waals surface area contributed by atoms with Crippen LogP contribution in [0.5, 0.6) is 0 Å². The Morgan fingerprint density at radius 1 is 1.08 bits per heavy atom. The number of nitrogens with zero attached hydrogens (tertiary/aromatic N) is 2. The second-order valence-corrected chi connectivity index (χ2v) is 5.39. The second-order valence-electron chi connectivity index (χ2n) is 5.39. The van der Waals surface area contributed by atoms with Crippen LogP contribution in [0.1, 0.15) is 22.8 Å². The van der Waals surface area contributed by atoms with Crippen LogP contribution in [-0.4, -0.2) is 32.9 Å². The minimum absolute atomic E-state index is 0.311. The van der Waals surface area contributed by atoms with Crippen LogP contribution in [0.15, 0.2) is 59.6 Å². The zero-order valence-electron chi connectivity index (χ0n) is 14.3. The summed E-state index contributed by atoms with van der Waals surface area (Å²) in [7, 11) is 4.04. The molecule has 0 saturated heterocycles. The van der Waals surface area contributed by atoms with Crippen molar-refractivity contribution < 1.29 is 9.53 Å². The smallest absolute Gasteiger partial charge is 0.338 e. The average molecular weight is 322 g/mol. The van der Waals surface area contributed by atoms with Gasteiger partial charge in [-0.05, 0) is 55.0 Å². The van der Waals surface area contributed by atoms with Crippen molar-refractivity contribution in [2.45, 2.75) is 6.92 Å².